The molecule has 2 amide bonds. The van der Waals surface area contributed by atoms with E-state index in [1.165, 1.54) is 31.2 Å². The van der Waals surface area contributed by atoms with Crippen molar-refractivity contribution in [3.05, 3.63) is 29.8 Å². The van der Waals surface area contributed by atoms with Crippen molar-refractivity contribution in [2.24, 2.45) is 0 Å². The minimum absolute atomic E-state index is 0.0911. The molecule has 1 rings (SSSR count). The van der Waals surface area contributed by atoms with Crippen LogP contribution < -0.4 is 10.6 Å². The first kappa shape index (κ1) is 14.0. The van der Waals surface area contributed by atoms with Crippen LogP contribution in [0.4, 0.5) is 18.9 Å². The number of nitrogens with one attached hydrogen (secondary N) is 2. The van der Waals surface area contributed by atoms with Gasteiger partial charge in [-0.15, -0.1) is 0 Å². The smallest absolute Gasteiger partial charge is 0.343 e. The molecular formula is C11H11F3N2O2. The van der Waals surface area contributed by atoms with Crippen LogP contribution in [0.1, 0.15) is 17.3 Å². The number of halogens is 3. The lowest BCUT2D eigenvalue weighted by atomic mass is 10.2. The molecule has 0 saturated carbocycles. The number of benzene rings is 1. The van der Waals surface area contributed by atoms with E-state index >= 15 is 0 Å². The molecule has 0 unspecified atom stereocenters. The second kappa shape index (κ2) is 5.52. The summed E-state index contributed by atoms with van der Waals surface area (Å²) in [5, 5.41) is 4.22. The highest BCUT2D eigenvalue weighted by molar-refractivity contribution is 5.95. The fraction of sp³-hybridized carbons (Fsp3) is 0.273. The Kier molecular flexibility index (Phi) is 4.30. The van der Waals surface area contributed by atoms with Crippen LogP contribution in [-0.2, 0) is 4.79 Å². The molecule has 1 aromatic rings. The number of rotatable bonds is 3. The molecular weight excluding hydrogens is 249 g/mol. The third kappa shape index (κ3) is 4.86. The lowest BCUT2D eigenvalue weighted by Crippen LogP contribution is -2.33. The van der Waals surface area contributed by atoms with E-state index in [1.807, 2.05) is 0 Å². The number of carbonyl (C=O) groups is 2. The molecule has 0 fully saturated rings. The topological polar surface area (TPSA) is 58.2 Å². The largest absolute Gasteiger partial charge is 0.405 e. The predicted octanol–water partition coefficient (Wildman–Crippen LogP) is 1.94. The van der Waals surface area contributed by atoms with Gasteiger partial charge in [0.25, 0.3) is 5.91 Å². The Labute approximate surface area is 101 Å². The summed E-state index contributed by atoms with van der Waals surface area (Å²) in [6.45, 7) is -0.0523. The number of alkyl halides is 3. The van der Waals surface area contributed by atoms with Gasteiger partial charge < -0.3 is 10.6 Å². The van der Waals surface area contributed by atoms with Crippen molar-refractivity contribution in [1.82, 2.24) is 5.32 Å². The molecule has 0 radical (unpaired) electrons. The van der Waals surface area contributed by atoms with Crippen molar-refractivity contribution in [1.29, 1.82) is 0 Å². The summed E-state index contributed by atoms with van der Waals surface area (Å²) in [7, 11) is 0. The molecule has 1 aromatic carbocycles. The van der Waals surface area contributed by atoms with Gasteiger partial charge in [0.05, 0.1) is 0 Å². The molecule has 18 heavy (non-hydrogen) atoms. The van der Waals surface area contributed by atoms with Crippen LogP contribution in [0.15, 0.2) is 24.3 Å². The quantitative estimate of drug-likeness (QED) is 0.872. The van der Waals surface area contributed by atoms with E-state index in [-0.39, 0.29) is 11.5 Å². The Balaban J connectivity index is 2.62. The standard InChI is InChI=1S/C11H11F3N2O2/c1-7(17)16-9-4-2-8(3-5-9)10(18)15-6-11(12,13)14/h2-5H,6H2,1H3,(H,15,18)(H,16,17). The molecule has 0 heterocycles. The Morgan fingerprint density at radius 2 is 1.72 bits per heavy atom. The summed E-state index contributed by atoms with van der Waals surface area (Å²) in [5.74, 6) is -1.09. The summed E-state index contributed by atoms with van der Waals surface area (Å²) in [6.07, 6.45) is -4.44. The molecule has 0 atom stereocenters. The van der Waals surface area contributed by atoms with E-state index in [4.69, 9.17) is 0 Å². The fourth-order valence-corrected chi connectivity index (χ4v) is 1.19. The van der Waals surface area contributed by atoms with Gasteiger partial charge in [0.1, 0.15) is 6.54 Å². The molecule has 7 heteroatoms. The van der Waals surface area contributed by atoms with Crippen molar-refractivity contribution in [2.75, 3.05) is 11.9 Å². The van der Waals surface area contributed by atoms with Gasteiger partial charge in [-0.1, -0.05) is 0 Å². The van der Waals surface area contributed by atoms with Crippen LogP contribution in [0.3, 0.4) is 0 Å². The molecule has 0 aromatic heterocycles. The van der Waals surface area contributed by atoms with E-state index in [0.29, 0.717) is 5.69 Å². The van der Waals surface area contributed by atoms with E-state index in [1.54, 1.807) is 5.32 Å². The fourth-order valence-electron chi connectivity index (χ4n) is 1.19. The zero-order valence-corrected chi connectivity index (χ0v) is 9.47. The maximum absolute atomic E-state index is 11.9. The molecule has 4 nitrogen and oxygen atoms in total. The molecule has 0 spiro atoms. The zero-order chi connectivity index (χ0) is 13.8. The van der Waals surface area contributed by atoms with E-state index in [2.05, 4.69) is 5.32 Å². The molecule has 0 saturated heterocycles. The van der Waals surface area contributed by atoms with Crippen LogP contribution in [0.5, 0.6) is 0 Å². The highest BCUT2D eigenvalue weighted by atomic mass is 19.4. The van der Waals surface area contributed by atoms with Gasteiger partial charge in [0.2, 0.25) is 5.91 Å². The second-order valence-corrected chi connectivity index (χ2v) is 3.56. The SMILES string of the molecule is CC(=O)Nc1ccc(C(=O)NCC(F)(F)F)cc1. The summed E-state index contributed by atoms with van der Waals surface area (Å²) >= 11 is 0. The predicted molar refractivity (Wildman–Crippen MR) is 59.1 cm³/mol. The van der Waals surface area contributed by atoms with E-state index in [9.17, 15) is 22.8 Å². The number of hydrogen-bond acceptors (Lipinski definition) is 2. The van der Waals surface area contributed by atoms with Crippen molar-refractivity contribution in [2.45, 2.75) is 13.1 Å². The Hall–Kier alpha value is -2.05. The van der Waals surface area contributed by atoms with Gasteiger partial charge in [-0.05, 0) is 24.3 Å². The normalized spacial score (nSPS) is 10.9. The molecule has 2 N–H and O–H groups in total. The van der Waals surface area contributed by atoms with Crippen molar-refractivity contribution in [3.8, 4) is 0 Å². The Morgan fingerprint density at radius 3 is 2.17 bits per heavy atom. The van der Waals surface area contributed by atoms with Crippen molar-refractivity contribution < 1.29 is 22.8 Å². The van der Waals surface area contributed by atoms with Crippen LogP contribution in [0.2, 0.25) is 0 Å². The van der Waals surface area contributed by atoms with Gasteiger partial charge in [0.15, 0.2) is 0 Å². The first-order valence-corrected chi connectivity index (χ1v) is 5.00. The number of hydrogen-bond donors (Lipinski definition) is 2. The number of anilines is 1. The van der Waals surface area contributed by atoms with Crippen LogP contribution in [-0.4, -0.2) is 24.5 Å². The highest BCUT2D eigenvalue weighted by Gasteiger charge is 2.27. The van der Waals surface area contributed by atoms with Gasteiger partial charge in [-0.3, -0.25) is 9.59 Å². The van der Waals surface area contributed by atoms with Gasteiger partial charge >= 0.3 is 6.18 Å². The minimum Gasteiger partial charge on any atom is -0.343 e. The summed E-state index contributed by atoms with van der Waals surface area (Å²) in [5.41, 5.74) is 0.559. The number of amides is 2. The van der Waals surface area contributed by atoms with Crippen LogP contribution in [0.25, 0.3) is 0 Å². The maximum Gasteiger partial charge on any atom is 0.405 e. The summed E-state index contributed by atoms with van der Waals surface area (Å²) < 4.78 is 35.6. The van der Waals surface area contributed by atoms with Crippen molar-refractivity contribution in [3.63, 3.8) is 0 Å². The monoisotopic (exact) mass is 260 g/mol. The maximum atomic E-state index is 11.9. The van der Waals surface area contributed by atoms with E-state index < -0.39 is 18.6 Å². The Bertz CT molecular complexity index is 441. The average Bonchev–Trinajstić information content (AvgIpc) is 2.25. The first-order valence-electron chi connectivity index (χ1n) is 5.00. The second-order valence-electron chi connectivity index (χ2n) is 3.56. The van der Waals surface area contributed by atoms with Gasteiger partial charge in [-0.25, -0.2) is 0 Å². The number of carbonyl (C=O) groups excluding carboxylic acids is 2. The van der Waals surface area contributed by atoms with Crippen molar-refractivity contribution >= 4 is 17.5 Å². The third-order valence-electron chi connectivity index (χ3n) is 1.92. The average molecular weight is 260 g/mol. The van der Waals surface area contributed by atoms with Crippen LogP contribution >= 0.6 is 0 Å². The molecule has 0 aliphatic rings. The first-order chi connectivity index (χ1) is 8.28. The Morgan fingerprint density at radius 1 is 1.17 bits per heavy atom. The summed E-state index contributed by atoms with van der Waals surface area (Å²) in [6, 6.07) is 5.53. The molecule has 0 bridgehead atoms. The summed E-state index contributed by atoms with van der Waals surface area (Å²) in [4.78, 5) is 22.1. The lowest BCUT2D eigenvalue weighted by molar-refractivity contribution is -0.123. The molecule has 0 aliphatic carbocycles. The van der Waals surface area contributed by atoms with E-state index in [0.717, 1.165) is 0 Å². The van der Waals surface area contributed by atoms with Gasteiger partial charge in [0, 0.05) is 18.2 Å². The zero-order valence-electron chi connectivity index (χ0n) is 9.47. The third-order valence-corrected chi connectivity index (χ3v) is 1.92. The highest BCUT2D eigenvalue weighted by Crippen LogP contribution is 2.13. The molecule has 0 aliphatic heterocycles. The lowest BCUT2D eigenvalue weighted by Gasteiger charge is -2.08. The molecule has 98 valence electrons. The minimum atomic E-state index is -4.44. The van der Waals surface area contributed by atoms with Gasteiger partial charge in [-0.2, -0.15) is 13.2 Å². The van der Waals surface area contributed by atoms with Crippen LogP contribution in [0, 0.1) is 0 Å².